The van der Waals surface area contributed by atoms with Gasteiger partial charge in [-0.1, -0.05) is 6.07 Å². The second kappa shape index (κ2) is 10.4. The lowest BCUT2D eigenvalue weighted by Crippen LogP contribution is -2.37. The molecule has 1 atom stereocenters. The number of carbonyl (C=O) groups is 2. The van der Waals surface area contributed by atoms with Crippen molar-refractivity contribution >= 4 is 40.1 Å². The van der Waals surface area contributed by atoms with Gasteiger partial charge in [-0.3, -0.25) is 14.5 Å². The minimum absolute atomic E-state index is 0.102. The molecule has 2 aromatic carbocycles. The SMILES string of the molecule is CNC(=O)c1c(C)oc2cc(Oc3ccnc(Nc4cccc(NC(=O)C(C)N(C)C)c4)n3)ccc12. The third-order valence-corrected chi connectivity index (χ3v) is 5.68. The van der Waals surface area contributed by atoms with Crippen molar-refractivity contribution in [1.82, 2.24) is 20.2 Å². The van der Waals surface area contributed by atoms with E-state index in [-0.39, 0.29) is 17.9 Å². The monoisotopic (exact) mass is 488 g/mol. The summed E-state index contributed by atoms with van der Waals surface area (Å²) in [5.41, 5.74) is 2.40. The summed E-state index contributed by atoms with van der Waals surface area (Å²) in [7, 11) is 5.28. The normalized spacial score (nSPS) is 11.8. The Bertz CT molecular complexity index is 1410. The van der Waals surface area contributed by atoms with Gasteiger partial charge in [-0.15, -0.1) is 0 Å². The molecule has 36 heavy (non-hydrogen) atoms. The number of amides is 2. The Morgan fingerprint density at radius 2 is 1.86 bits per heavy atom. The highest BCUT2D eigenvalue weighted by Crippen LogP contribution is 2.31. The maximum absolute atomic E-state index is 12.4. The largest absolute Gasteiger partial charge is 0.460 e. The van der Waals surface area contributed by atoms with Gasteiger partial charge in [0.15, 0.2) is 0 Å². The van der Waals surface area contributed by atoms with Crippen molar-refractivity contribution < 1.29 is 18.7 Å². The van der Waals surface area contributed by atoms with Crippen LogP contribution in [0.5, 0.6) is 11.6 Å². The number of fused-ring (bicyclic) bond motifs is 1. The number of likely N-dealkylation sites (N-methyl/N-ethyl adjacent to an activating group) is 1. The molecule has 2 amide bonds. The molecular formula is C26H28N6O4. The summed E-state index contributed by atoms with van der Waals surface area (Å²) in [6, 6.07) is 13.9. The summed E-state index contributed by atoms with van der Waals surface area (Å²) in [5, 5.41) is 9.36. The molecule has 2 aromatic heterocycles. The van der Waals surface area contributed by atoms with Gasteiger partial charge in [0.1, 0.15) is 17.1 Å². The van der Waals surface area contributed by atoms with Crippen molar-refractivity contribution in [2.75, 3.05) is 31.8 Å². The standard InChI is InChI=1S/C26H28N6O4/c1-15(32(4)5)24(33)29-17-7-6-8-18(13-17)30-26-28-12-11-22(31-26)36-19-9-10-20-21(14-19)35-16(2)23(20)25(34)27-3/h6-15H,1-5H3,(H,27,34)(H,29,33)(H,28,30,31). The molecule has 1 unspecified atom stereocenters. The molecule has 0 bridgehead atoms. The average Bonchev–Trinajstić information content (AvgIpc) is 3.18. The molecule has 10 nitrogen and oxygen atoms in total. The van der Waals surface area contributed by atoms with Crippen molar-refractivity contribution in [3.63, 3.8) is 0 Å². The van der Waals surface area contributed by atoms with Gasteiger partial charge in [-0.05, 0) is 58.3 Å². The van der Waals surface area contributed by atoms with Crippen molar-refractivity contribution in [1.29, 1.82) is 0 Å². The van der Waals surface area contributed by atoms with E-state index in [1.807, 2.05) is 44.1 Å². The zero-order valence-electron chi connectivity index (χ0n) is 20.7. The van der Waals surface area contributed by atoms with Crippen molar-refractivity contribution in [3.8, 4) is 11.6 Å². The molecule has 10 heteroatoms. The van der Waals surface area contributed by atoms with E-state index in [9.17, 15) is 9.59 Å². The maximum atomic E-state index is 12.4. The van der Waals surface area contributed by atoms with Crippen molar-refractivity contribution in [2.45, 2.75) is 19.9 Å². The number of anilines is 3. The van der Waals surface area contributed by atoms with Crippen LogP contribution in [-0.4, -0.2) is 53.9 Å². The molecule has 0 radical (unpaired) electrons. The van der Waals surface area contributed by atoms with Crippen LogP contribution in [0, 0.1) is 6.92 Å². The molecule has 186 valence electrons. The molecule has 2 heterocycles. The number of aromatic nitrogens is 2. The van der Waals surface area contributed by atoms with Gasteiger partial charge < -0.3 is 25.1 Å². The highest BCUT2D eigenvalue weighted by molar-refractivity contribution is 6.07. The van der Waals surface area contributed by atoms with Crippen LogP contribution < -0.4 is 20.7 Å². The predicted molar refractivity (Wildman–Crippen MR) is 138 cm³/mol. The van der Waals surface area contributed by atoms with Gasteiger partial charge in [0, 0.05) is 42.1 Å². The number of ether oxygens (including phenoxy) is 1. The highest BCUT2D eigenvalue weighted by atomic mass is 16.5. The lowest BCUT2D eigenvalue weighted by Gasteiger charge is -2.19. The van der Waals surface area contributed by atoms with Gasteiger partial charge in [0.2, 0.25) is 17.7 Å². The number of hydrogen-bond donors (Lipinski definition) is 3. The Hall–Kier alpha value is -4.44. The summed E-state index contributed by atoms with van der Waals surface area (Å²) >= 11 is 0. The zero-order valence-corrected chi connectivity index (χ0v) is 20.7. The number of furan rings is 1. The van der Waals surface area contributed by atoms with E-state index in [1.54, 1.807) is 50.5 Å². The summed E-state index contributed by atoms with van der Waals surface area (Å²) < 4.78 is 11.7. The fraction of sp³-hybridized carbons (Fsp3) is 0.231. The molecule has 0 spiro atoms. The van der Waals surface area contributed by atoms with E-state index in [0.29, 0.717) is 51.2 Å². The van der Waals surface area contributed by atoms with Gasteiger partial charge in [-0.25, -0.2) is 4.98 Å². The number of nitrogens with zero attached hydrogens (tertiary/aromatic N) is 3. The number of nitrogens with one attached hydrogen (secondary N) is 3. The smallest absolute Gasteiger partial charge is 0.255 e. The number of aryl methyl sites for hydroxylation is 1. The van der Waals surface area contributed by atoms with Crippen LogP contribution in [0.25, 0.3) is 11.0 Å². The minimum atomic E-state index is -0.265. The Kier molecular flexibility index (Phi) is 7.16. The quantitative estimate of drug-likeness (QED) is 0.335. The van der Waals surface area contributed by atoms with Crippen LogP contribution in [0.3, 0.4) is 0 Å². The maximum Gasteiger partial charge on any atom is 0.255 e. The Labute approximate surface area is 208 Å². The lowest BCUT2D eigenvalue weighted by molar-refractivity contribution is -0.119. The highest BCUT2D eigenvalue weighted by Gasteiger charge is 2.18. The number of rotatable bonds is 8. The van der Waals surface area contributed by atoms with E-state index in [2.05, 4.69) is 25.9 Å². The van der Waals surface area contributed by atoms with E-state index >= 15 is 0 Å². The number of benzene rings is 2. The third-order valence-electron chi connectivity index (χ3n) is 5.68. The van der Waals surface area contributed by atoms with Crippen LogP contribution in [-0.2, 0) is 4.79 Å². The van der Waals surface area contributed by atoms with Crippen molar-refractivity contribution in [2.24, 2.45) is 0 Å². The summed E-state index contributed by atoms with van der Waals surface area (Å²) in [6.45, 7) is 3.58. The first-order valence-corrected chi connectivity index (χ1v) is 11.4. The summed E-state index contributed by atoms with van der Waals surface area (Å²) in [4.78, 5) is 35.0. The molecule has 0 aliphatic rings. The number of carbonyl (C=O) groups excluding carboxylic acids is 2. The molecule has 0 saturated carbocycles. The third kappa shape index (κ3) is 5.44. The molecule has 4 aromatic rings. The minimum Gasteiger partial charge on any atom is -0.460 e. The number of hydrogen-bond acceptors (Lipinski definition) is 8. The van der Waals surface area contributed by atoms with Crippen LogP contribution >= 0.6 is 0 Å². The fourth-order valence-electron chi connectivity index (χ4n) is 3.53. The predicted octanol–water partition coefficient (Wildman–Crippen LogP) is 4.32. The lowest BCUT2D eigenvalue weighted by atomic mass is 10.1. The van der Waals surface area contributed by atoms with Gasteiger partial charge >= 0.3 is 0 Å². The molecule has 0 saturated heterocycles. The van der Waals surface area contributed by atoms with Crippen LogP contribution in [0.1, 0.15) is 23.0 Å². The van der Waals surface area contributed by atoms with Gasteiger partial charge in [-0.2, -0.15) is 4.98 Å². The molecule has 0 fully saturated rings. The average molecular weight is 489 g/mol. The van der Waals surface area contributed by atoms with Gasteiger partial charge in [0.05, 0.1) is 11.6 Å². The zero-order chi connectivity index (χ0) is 25.8. The molecule has 3 N–H and O–H groups in total. The second-order valence-electron chi connectivity index (χ2n) is 8.43. The topological polar surface area (TPSA) is 122 Å². The fourth-order valence-corrected chi connectivity index (χ4v) is 3.53. The Morgan fingerprint density at radius 1 is 1.08 bits per heavy atom. The first kappa shape index (κ1) is 24.7. The summed E-state index contributed by atoms with van der Waals surface area (Å²) in [6.07, 6.45) is 1.58. The van der Waals surface area contributed by atoms with E-state index in [1.165, 1.54) is 0 Å². The first-order valence-electron chi connectivity index (χ1n) is 11.4. The van der Waals surface area contributed by atoms with Crippen LogP contribution in [0.2, 0.25) is 0 Å². The molecule has 4 rings (SSSR count). The van der Waals surface area contributed by atoms with Crippen molar-refractivity contribution in [3.05, 3.63) is 66.1 Å². The second-order valence-corrected chi connectivity index (χ2v) is 8.43. The molecule has 0 aliphatic carbocycles. The Balaban J connectivity index is 1.48. The van der Waals surface area contributed by atoms with Crippen LogP contribution in [0.15, 0.2) is 59.1 Å². The Morgan fingerprint density at radius 3 is 2.61 bits per heavy atom. The summed E-state index contributed by atoms with van der Waals surface area (Å²) in [5.74, 6) is 1.38. The van der Waals surface area contributed by atoms with Crippen LogP contribution in [0.4, 0.5) is 17.3 Å². The van der Waals surface area contributed by atoms with E-state index in [4.69, 9.17) is 9.15 Å². The molecular weight excluding hydrogens is 460 g/mol. The van der Waals surface area contributed by atoms with E-state index < -0.39 is 0 Å². The molecule has 0 aliphatic heterocycles. The van der Waals surface area contributed by atoms with Gasteiger partial charge in [0.25, 0.3) is 5.91 Å². The van der Waals surface area contributed by atoms with E-state index in [0.717, 1.165) is 0 Å². The first-order chi connectivity index (χ1) is 17.2.